The van der Waals surface area contributed by atoms with Crippen molar-refractivity contribution in [3.8, 4) is 11.5 Å². The Labute approximate surface area is 146 Å². The number of ether oxygens (including phenoxy) is 1. The highest BCUT2D eigenvalue weighted by molar-refractivity contribution is 6.06. The average molecular weight is 332 g/mol. The van der Waals surface area contributed by atoms with Gasteiger partial charge in [0.2, 0.25) is 0 Å². The molecule has 0 bridgehead atoms. The topological polar surface area (TPSA) is 26.3 Å². The van der Waals surface area contributed by atoms with Gasteiger partial charge in [-0.15, -0.1) is 0 Å². The van der Waals surface area contributed by atoms with Crippen molar-refractivity contribution in [1.82, 2.24) is 0 Å². The molecule has 0 saturated heterocycles. The molecule has 3 heteroatoms. The van der Waals surface area contributed by atoms with E-state index in [9.17, 15) is 9.18 Å². The molecule has 25 heavy (non-hydrogen) atoms. The highest BCUT2D eigenvalue weighted by Gasteiger charge is 2.06. The lowest BCUT2D eigenvalue weighted by Crippen LogP contribution is -1.94. The number of carbonyl (C=O) groups is 1. The molecule has 124 valence electrons. The molecule has 0 aliphatic heterocycles. The lowest BCUT2D eigenvalue weighted by Gasteiger charge is -2.07. The van der Waals surface area contributed by atoms with Crippen LogP contribution < -0.4 is 4.74 Å². The zero-order valence-electron chi connectivity index (χ0n) is 13.8. The second-order valence-electron chi connectivity index (χ2n) is 5.67. The predicted octanol–water partition coefficient (Wildman–Crippen LogP) is 5.82. The highest BCUT2D eigenvalue weighted by atomic mass is 19.1. The van der Waals surface area contributed by atoms with Crippen LogP contribution in [0.2, 0.25) is 0 Å². The van der Waals surface area contributed by atoms with Gasteiger partial charge in [-0.25, -0.2) is 4.39 Å². The number of hydrogen-bond donors (Lipinski definition) is 0. The fourth-order valence-corrected chi connectivity index (χ4v) is 2.30. The van der Waals surface area contributed by atoms with Gasteiger partial charge in [0.15, 0.2) is 17.3 Å². The highest BCUT2D eigenvalue weighted by Crippen LogP contribution is 2.25. The molecular weight excluding hydrogens is 315 g/mol. The van der Waals surface area contributed by atoms with Crippen LogP contribution in [0.25, 0.3) is 6.08 Å². The Balaban J connectivity index is 1.77. The molecule has 3 aromatic rings. The third kappa shape index (κ3) is 4.42. The van der Waals surface area contributed by atoms with E-state index in [0.717, 1.165) is 5.56 Å². The summed E-state index contributed by atoms with van der Waals surface area (Å²) in [6.07, 6.45) is 3.13. The zero-order chi connectivity index (χ0) is 17.6. The number of aryl methyl sites for hydroxylation is 1. The maximum Gasteiger partial charge on any atom is 0.185 e. The Bertz CT molecular complexity index is 897. The van der Waals surface area contributed by atoms with Crippen LogP contribution in [0, 0.1) is 12.7 Å². The predicted molar refractivity (Wildman–Crippen MR) is 97.5 cm³/mol. The first kappa shape index (κ1) is 16.7. The van der Waals surface area contributed by atoms with Crippen molar-refractivity contribution < 1.29 is 13.9 Å². The van der Waals surface area contributed by atoms with Gasteiger partial charge >= 0.3 is 0 Å². The zero-order valence-corrected chi connectivity index (χ0v) is 13.8. The van der Waals surface area contributed by atoms with E-state index in [2.05, 4.69) is 0 Å². The van der Waals surface area contributed by atoms with Crippen molar-refractivity contribution in [2.75, 3.05) is 0 Å². The van der Waals surface area contributed by atoms with Crippen LogP contribution in [0.15, 0.2) is 78.9 Å². The van der Waals surface area contributed by atoms with Crippen molar-refractivity contribution in [1.29, 1.82) is 0 Å². The summed E-state index contributed by atoms with van der Waals surface area (Å²) in [4.78, 5) is 12.2. The van der Waals surface area contributed by atoms with Crippen molar-refractivity contribution in [2.24, 2.45) is 0 Å². The minimum Gasteiger partial charge on any atom is -0.454 e. The molecule has 0 radical (unpaired) electrons. The first-order chi connectivity index (χ1) is 12.1. The van der Waals surface area contributed by atoms with Crippen LogP contribution in [0.4, 0.5) is 4.39 Å². The smallest absolute Gasteiger partial charge is 0.185 e. The molecule has 0 amide bonds. The van der Waals surface area contributed by atoms with E-state index >= 15 is 0 Å². The standard InChI is InChI=1S/C22H17FO2/c1-16-7-11-18(12-8-16)21(24)14-10-17-9-13-20(23)22(15-17)25-19-5-3-2-4-6-19/h2-15H,1H3/b14-10+. The van der Waals surface area contributed by atoms with E-state index in [1.807, 2.05) is 37.3 Å². The number of para-hydroxylation sites is 1. The molecule has 2 nitrogen and oxygen atoms in total. The third-order valence-corrected chi connectivity index (χ3v) is 3.69. The van der Waals surface area contributed by atoms with Gasteiger partial charge in [0.1, 0.15) is 5.75 Å². The average Bonchev–Trinajstić information content (AvgIpc) is 2.63. The van der Waals surface area contributed by atoms with Crippen molar-refractivity contribution in [2.45, 2.75) is 6.92 Å². The number of rotatable bonds is 5. The first-order valence-electron chi connectivity index (χ1n) is 7.93. The van der Waals surface area contributed by atoms with Crippen LogP contribution >= 0.6 is 0 Å². The summed E-state index contributed by atoms with van der Waals surface area (Å²) in [5.41, 5.74) is 2.40. The van der Waals surface area contributed by atoms with Crippen LogP contribution in [0.1, 0.15) is 21.5 Å². The number of ketones is 1. The Kier molecular flexibility index (Phi) is 5.05. The number of benzene rings is 3. The molecule has 0 N–H and O–H groups in total. The van der Waals surface area contributed by atoms with Crippen molar-refractivity contribution in [3.63, 3.8) is 0 Å². The monoisotopic (exact) mass is 332 g/mol. The molecule has 0 aliphatic rings. The Hall–Kier alpha value is -3.20. The van der Waals surface area contributed by atoms with E-state index < -0.39 is 5.82 Å². The molecule has 0 atom stereocenters. The van der Waals surface area contributed by atoms with Crippen LogP contribution in [0.3, 0.4) is 0 Å². The minimum atomic E-state index is -0.453. The summed E-state index contributed by atoms with van der Waals surface area (Å²) < 4.78 is 19.5. The summed E-state index contributed by atoms with van der Waals surface area (Å²) >= 11 is 0. The molecule has 0 spiro atoms. The number of carbonyl (C=O) groups excluding carboxylic acids is 1. The Morgan fingerprint density at radius 2 is 1.68 bits per heavy atom. The normalized spacial score (nSPS) is 10.8. The molecule has 0 fully saturated rings. The summed E-state index contributed by atoms with van der Waals surface area (Å²) in [7, 11) is 0. The lowest BCUT2D eigenvalue weighted by atomic mass is 10.1. The van der Waals surface area contributed by atoms with Gasteiger partial charge in [-0.3, -0.25) is 4.79 Å². The summed E-state index contributed by atoms with van der Waals surface area (Å²) in [6.45, 7) is 1.97. The van der Waals surface area contributed by atoms with E-state index in [1.54, 1.807) is 42.5 Å². The van der Waals surface area contributed by atoms with Gasteiger partial charge in [0, 0.05) is 5.56 Å². The molecule has 0 saturated carbocycles. The maximum absolute atomic E-state index is 13.9. The van der Waals surface area contributed by atoms with Crippen molar-refractivity contribution >= 4 is 11.9 Å². The van der Waals surface area contributed by atoms with Crippen molar-refractivity contribution in [3.05, 3.63) is 101 Å². The van der Waals surface area contributed by atoms with Crippen LogP contribution in [0.5, 0.6) is 11.5 Å². The van der Waals surface area contributed by atoms with E-state index in [0.29, 0.717) is 16.9 Å². The Morgan fingerprint density at radius 3 is 2.40 bits per heavy atom. The number of allylic oxidation sites excluding steroid dienone is 1. The quantitative estimate of drug-likeness (QED) is 0.434. The second kappa shape index (κ2) is 7.58. The third-order valence-electron chi connectivity index (χ3n) is 3.69. The maximum atomic E-state index is 13.9. The SMILES string of the molecule is Cc1ccc(C(=O)/C=C/c2ccc(F)c(Oc3ccccc3)c2)cc1. The summed E-state index contributed by atoms with van der Waals surface area (Å²) in [5.74, 6) is 0.120. The fraction of sp³-hybridized carbons (Fsp3) is 0.0455. The van der Waals surface area contributed by atoms with Crippen LogP contribution in [-0.4, -0.2) is 5.78 Å². The molecule has 0 aliphatic carbocycles. The van der Waals surface area contributed by atoms with Gasteiger partial charge in [0.25, 0.3) is 0 Å². The number of hydrogen-bond acceptors (Lipinski definition) is 2. The summed E-state index contributed by atoms with van der Waals surface area (Å²) in [6, 6.07) is 20.9. The van der Waals surface area contributed by atoms with Crippen LogP contribution in [-0.2, 0) is 0 Å². The van der Waals surface area contributed by atoms with E-state index in [-0.39, 0.29) is 11.5 Å². The number of halogens is 1. The van der Waals surface area contributed by atoms with E-state index in [4.69, 9.17) is 4.74 Å². The first-order valence-corrected chi connectivity index (χ1v) is 7.93. The summed E-state index contributed by atoms with van der Waals surface area (Å²) in [5, 5.41) is 0. The molecule has 0 heterocycles. The second-order valence-corrected chi connectivity index (χ2v) is 5.67. The van der Waals surface area contributed by atoms with Gasteiger partial charge in [-0.1, -0.05) is 60.2 Å². The molecular formula is C22H17FO2. The van der Waals surface area contributed by atoms with E-state index in [1.165, 1.54) is 12.1 Å². The van der Waals surface area contributed by atoms with Gasteiger partial charge in [-0.2, -0.15) is 0 Å². The fourth-order valence-electron chi connectivity index (χ4n) is 2.30. The molecule has 0 aromatic heterocycles. The Morgan fingerprint density at radius 1 is 0.960 bits per heavy atom. The van der Waals surface area contributed by atoms with Gasteiger partial charge < -0.3 is 4.74 Å². The van der Waals surface area contributed by atoms with Gasteiger partial charge in [0.05, 0.1) is 0 Å². The molecule has 0 unspecified atom stereocenters. The largest absolute Gasteiger partial charge is 0.454 e. The lowest BCUT2D eigenvalue weighted by molar-refractivity contribution is 0.104. The molecule has 3 rings (SSSR count). The molecule has 3 aromatic carbocycles. The van der Waals surface area contributed by atoms with Gasteiger partial charge in [-0.05, 0) is 42.8 Å². The minimum absolute atomic E-state index is 0.102.